The molecule has 0 saturated heterocycles. The van der Waals surface area contributed by atoms with Gasteiger partial charge in [-0.1, -0.05) is 0 Å². The van der Waals surface area contributed by atoms with Crippen molar-refractivity contribution in [1.82, 2.24) is 4.90 Å². The van der Waals surface area contributed by atoms with Gasteiger partial charge >= 0.3 is 5.63 Å². The maximum absolute atomic E-state index is 12.5. The van der Waals surface area contributed by atoms with E-state index in [1.54, 1.807) is 29.2 Å². The Kier molecular flexibility index (Phi) is 5.68. The maximum Gasteiger partial charge on any atom is 0.336 e. The monoisotopic (exact) mass is 305 g/mol. The van der Waals surface area contributed by atoms with E-state index in [0.29, 0.717) is 42.5 Å². The fourth-order valence-electron chi connectivity index (χ4n) is 2.23. The summed E-state index contributed by atoms with van der Waals surface area (Å²) in [5, 5.41) is 18.5. The van der Waals surface area contributed by atoms with Gasteiger partial charge in [-0.25, -0.2) is 4.79 Å². The first-order valence-electron chi connectivity index (χ1n) is 7.20. The summed E-state index contributed by atoms with van der Waals surface area (Å²) in [4.78, 5) is 25.3. The van der Waals surface area contributed by atoms with Crippen molar-refractivity contribution in [2.24, 2.45) is 0 Å². The van der Waals surface area contributed by atoms with E-state index in [1.165, 1.54) is 6.07 Å². The van der Waals surface area contributed by atoms with Crippen LogP contribution in [0, 0.1) is 0 Å². The average Bonchev–Trinajstić information content (AvgIpc) is 2.54. The molecular formula is C16H19NO5. The lowest BCUT2D eigenvalue weighted by Crippen LogP contribution is -2.33. The van der Waals surface area contributed by atoms with Crippen LogP contribution in [0.2, 0.25) is 0 Å². The molecule has 2 rings (SSSR count). The summed E-state index contributed by atoms with van der Waals surface area (Å²) >= 11 is 0. The van der Waals surface area contributed by atoms with Gasteiger partial charge in [0, 0.05) is 43.3 Å². The van der Waals surface area contributed by atoms with Gasteiger partial charge in [0.15, 0.2) is 0 Å². The van der Waals surface area contributed by atoms with Crippen molar-refractivity contribution >= 4 is 16.9 Å². The van der Waals surface area contributed by atoms with Crippen LogP contribution in [0.4, 0.5) is 0 Å². The molecule has 0 aliphatic carbocycles. The quantitative estimate of drug-likeness (QED) is 0.745. The number of amides is 1. The first-order valence-corrected chi connectivity index (χ1v) is 7.20. The number of aliphatic hydroxyl groups excluding tert-OH is 2. The molecular weight excluding hydrogens is 286 g/mol. The van der Waals surface area contributed by atoms with Crippen molar-refractivity contribution < 1.29 is 19.4 Å². The van der Waals surface area contributed by atoms with Gasteiger partial charge in [-0.2, -0.15) is 0 Å². The van der Waals surface area contributed by atoms with Gasteiger partial charge in [-0.3, -0.25) is 4.79 Å². The molecule has 2 aromatic rings. The molecule has 1 aromatic heterocycles. The predicted octanol–water partition coefficient (Wildman–Crippen LogP) is 1.00. The van der Waals surface area contributed by atoms with E-state index in [0.717, 1.165) is 0 Å². The normalized spacial score (nSPS) is 10.8. The largest absolute Gasteiger partial charge is 0.423 e. The first-order chi connectivity index (χ1) is 10.7. The smallest absolute Gasteiger partial charge is 0.336 e. The minimum Gasteiger partial charge on any atom is -0.423 e. The maximum atomic E-state index is 12.5. The molecule has 1 heterocycles. The molecule has 1 aromatic carbocycles. The summed E-state index contributed by atoms with van der Waals surface area (Å²) in [6.45, 7) is 0.867. The third-order valence-electron chi connectivity index (χ3n) is 3.33. The van der Waals surface area contributed by atoms with Crippen LogP contribution < -0.4 is 5.63 Å². The Hall–Kier alpha value is -2.18. The Morgan fingerprint density at radius 3 is 2.36 bits per heavy atom. The first kappa shape index (κ1) is 16.2. The van der Waals surface area contributed by atoms with Gasteiger partial charge in [-0.05, 0) is 37.1 Å². The van der Waals surface area contributed by atoms with Crippen LogP contribution in [0.15, 0.2) is 39.5 Å². The standard InChI is InChI=1S/C16H19NO5/c18-9-1-7-17(8-2-10-19)16(21)13-3-5-14-12(11-13)4-6-15(20)22-14/h3-6,11,18-19H,1-2,7-10H2. The number of carbonyl (C=O) groups excluding carboxylic acids is 1. The lowest BCUT2D eigenvalue weighted by Gasteiger charge is -2.22. The van der Waals surface area contributed by atoms with Crippen molar-refractivity contribution in [1.29, 1.82) is 0 Å². The second-order valence-corrected chi connectivity index (χ2v) is 4.95. The molecule has 0 bridgehead atoms. The van der Waals surface area contributed by atoms with Crippen molar-refractivity contribution in [3.63, 3.8) is 0 Å². The minimum atomic E-state index is -0.431. The van der Waals surface area contributed by atoms with Crippen LogP contribution >= 0.6 is 0 Å². The van der Waals surface area contributed by atoms with E-state index in [9.17, 15) is 9.59 Å². The molecule has 118 valence electrons. The van der Waals surface area contributed by atoms with Crippen LogP contribution in [0.25, 0.3) is 11.0 Å². The molecule has 0 saturated carbocycles. The summed E-state index contributed by atoms with van der Waals surface area (Å²) in [6, 6.07) is 7.81. The number of hydrogen-bond donors (Lipinski definition) is 2. The molecule has 6 heteroatoms. The summed E-state index contributed by atoms with van der Waals surface area (Å²) in [6.07, 6.45) is 0.971. The highest BCUT2D eigenvalue weighted by Gasteiger charge is 2.15. The zero-order valence-corrected chi connectivity index (χ0v) is 12.2. The number of aliphatic hydroxyl groups is 2. The lowest BCUT2D eigenvalue weighted by molar-refractivity contribution is 0.0734. The molecule has 0 radical (unpaired) electrons. The highest BCUT2D eigenvalue weighted by Crippen LogP contribution is 2.16. The fraction of sp³-hybridized carbons (Fsp3) is 0.375. The van der Waals surface area contributed by atoms with E-state index in [1.807, 2.05) is 0 Å². The van der Waals surface area contributed by atoms with Crippen LogP contribution in [0.3, 0.4) is 0 Å². The Morgan fingerprint density at radius 2 is 1.73 bits per heavy atom. The molecule has 0 unspecified atom stereocenters. The number of rotatable bonds is 7. The Bertz CT molecular complexity index is 686. The second-order valence-electron chi connectivity index (χ2n) is 4.95. The van der Waals surface area contributed by atoms with Gasteiger partial charge in [0.2, 0.25) is 0 Å². The van der Waals surface area contributed by atoms with Gasteiger partial charge < -0.3 is 19.5 Å². The predicted molar refractivity (Wildman–Crippen MR) is 81.8 cm³/mol. The summed E-state index contributed by atoms with van der Waals surface area (Å²) < 4.78 is 5.04. The number of benzene rings is 1. The molecule has 22 heavy (non-hydrogen) atoms. The zero-order valence-electron chi connectivity index (χ0n) is 12.2. The van der Waals surface area contributed by atoms with Crippen LogP contribution in [0.5, 0.6) is 0 Å². The lowest BCUT2D eigenvalue weighted by atomic mass is 10.1. The molecule has 0 spiro atoms. The van der Waals surface area contributed by atoms with Gasteiger partial charge in [0.25, 0.3) is 5.91 Å². The third kappa shape index (κ3) is 3.93. The number of fused-ring (bicyclic) bond motifs is 1. The van der Waals surface area contributed by atoms with Crippen LogP contribution in [-0.2, 0) is 0 Å². The molecule has 6 nitrogen and oxygen atoms in total. The van der Waals surface area contributed by atoms with Crippen molar-refractivity contribution in [2.75, 3.05) is 26.3 Å². The van der Waals surface area contributed by atoms with E-state index >= 15 is 0 Å². The fourth-order valence-corrected chi connectivity index (χ4v) is 2.23. The van der Waals surface area contributed by atoms with Crippen molar-refractivity contribution in [2.45, 2.75) is 12.8 Å². The molecule has 0 atom stereocenters. The van der Waals surface area contributed by atoms with E-state index < -0.39 is 5.63 Å². The summed E-state index contributed by atoms with van der Waals surface area (Å²) in [7, 11) is 0. The van der Waals surface area contributed by atoms with Crippen molar-refractivity contribution in [3.05, 3.63) is 46.3 Å². The summed E-state index contributed by atoms with van der Waals surface area (Å²) in [5.41, 5.74) is 0.484. The van der Waals surface area contributed by atoms with Gasteiger partial charge in [-0.15, -0.1) is 0 Å². The van der Waals surface area contributed by atoms with Crippen molar-refractivity contribution in [3.8, 4) is 0 Å². The van der Waals surface area contributed by atoms with E-state index in [4.69, 9.17) is 14.6 Å². The number of hydrogen-bond acceptors (Lipinski definition) is 5. The molecule has 0 fully saturated rings. The Morgan fingerprint density at radius 1 is 1.05 bits per heavy atom. The van der Waals surface area contributed by atoms with Gasteiger partial charge in [0.05, 0.1) is 0 Å². The van der Waals surface area contributed by atoms with E-state index in [2.05, 4.69) is 0 Å². The molecule has 2 N–H and O–H groups in total. The van der Waals surface area contributed by atoms with Crippen LogP contribution in [-0.4, -0.2) is 47.3 Å². The SMILES string of the molecule is O=C(c1ccc2oc(=O)ccc2c1)N(CCCO)CCCO. The number of nitrogens with zero attached hydrogens (tertiary/aromatic N) is 1. The highest BCUT2D eigenvalue weighted by atomic mass is 16.4. The number of carbonyl (C=O) groups is 1. The topological polar surface area (TPSA) is 91.0 Å². The zero-order chi connectivity index (χ0) is 15.9. The molecule has 1 amide bonds. The average molecular weight is 305 g/mol. The highest BCUT2D eigenvalue weighted by molar-refractivity contribution is 5.97. The third-order valence-corrected chi connectivity index (χ3v) is 3.33. The molecule has 0 aliphatic heterocycles. The minimum absolute atomic E-state index is 0.00574. The van der Waals surface area contributed by atoms with Crippen LogP contribution in [0.1, 0.15) is 23.2 Å². The summed E-state index contributed by atoms with van der Waals surface area (Å²) in [5.74, 6) is -0.171. The Labute approximate surface area is 127 Å². The Balaban J connectivity index is 2.24. The van der Waals surface area contributed by atoms with E-state index in [-0.39, 0.29) is 19.1 Å². The molecule has 0 aliphatic rings. The van der Waals surface area contributed by atoms with Gasteiger partial charge in [0.1, 0.15) is 5.58 Å². The second kappa shape index (κ2) is 7.72.